The van der Waals surface area contributed by atoms with Gasteiger partial charge in [-0.05, 0) is 12.1 Å². The summed E-state index contributed by atoms with van der Waals surface area (Å²) in [6.45, 7) is 0. The van der Waals surface area contributed by atoms with Crippen LogP contribution in [0.5, 0.6) is 11.5 Å². The van der Waals surface area contributed by atoms with Crippen molar-refractivity contribution in [2.45, 2.75) is 6.10 Å². The van der Waals surface area contributed by atoms with Gasteiger partial charge in [-0.1, -0.05) is 24.3 Å². The Hall–Kier alpha value is -1.70. The Morgan fingerprint density at radius 1 is 1.31 bits per heavy atom. The molecule has 0 radical (unpaired) electrons. The van der Waals surface area contributed by atoms with Gasteiger partial charge in [0, 0.05) is 11.1 Å². The molecule has 1 aliphatic carbocycles. The minimum atomic E-state index is 0.0169. The zero-order chi connectivity index (χ0) is 8.84. The first-order valence-electron chi connectivity index (χ1n) is 4.23. The molecule has 0 amide bonds. The van der Waals surface area contributed by atoms with Crippen LogP contribution in [0.1, 0.15) is 5.56 Å². The van der Waals surface area contributed by atoms with Gasteiger partial charge in [-0.25, -0.2) is 0 Å². The zero-order valence-corrected chi connectivity index (χ0v) is 6.90. The standard InChI is InChI=1S/C11H8O2/c12-9-5-1-4-8-7-3-2-6-10(7)13-11(8)9/h1-6,10,12H. The van der Waals surface area contributed by atoms with Crippen molar-refractivity contribution >= 4 is 5.57 Å². The van der Waals surface area contributed by atoms with Crippen LogP contribution in [0.2, 0.25) is 0 Å². The Morgan fingerprint density at radius 3 is 3.15 bits per heavy atom. The third kappa shape index (κ3) is 0.773. The molecule has 2 aliphatic rings. The lowest BCUT2D eigenvalue weighted by Gasteiger charge is -2.03. The second kappa shape index (κ2) is 2.16. The summed E-state index contributed by atoms with van der Waals surface area (Å²) in [5.74, 6) is 0.837. The second-order valence-corrected chi connectivity index (χ2v) is 3.20. The van der Waals surface area contributed by atoms with E-state index in [4.69, 9.17) is 4.74 Å². The molecule has 0 bridgehead atoms. The van der Waals surface area contributed by atoms with E-state index < -0.39 is 0 Å². The summed E-state index contributed by atoms with van der Waals surface area (Å²) in [4.78, 5) is 0. The van der Waals surface area contributed by atoms with E-state index in [9.17, 15) is 5.11 Å². The third-order valence-electron chi connectivity index (χ3n) is 2.42. The van der Waals surface area contributed by atoms with Crippen molar-refractivity contribution in [3.8, 4) is 11.5 Å². The number of fused-ring (bicyclic) bond motifs is 3. The van der Waals surface area contributed by atoms with Gasteiger partial charge in [-0.2, -0.15) is 0 Å². The van der Waals surface area contributed by atoms with Crippen LogP contribution in [0.25, 0.3) is 5.57 Å². The molecule has 1 unspecified atom stereocenters. The van der Waals surface area contributed by atoms with Crippen molar-refractivity contribution in [3.05, 3.63) is 42.0 Å². The number of rotatable bonds is 0. The highest BCUT2D eigenvalue weighted by Gasteiger charge is 2.30. The fraction of sp³-hybridized carbons (Fsp3) is 0.0909. The highest BCUT2D eigenvalue weighted by atomic mass is 16.5. The Labute approximate surface area is 75.8 Å². The quantitative estimate of drug-likeness (QED) is 0.649. The predicted molar refractivity (Wildman–Crippen MR) is 49.6 cm³/mol. The maximum absolute atomic E-state index is 9.51. The number of aromatic hydroxyl groups is 1. The van der Waals surface area contributed by atoms with Crippen molar-refractivity contribution < 1.29 is 9.84 Å². The van der Waals surface area contributed by atoms with Crippen molar-refractivity contribution in [2.24, 2.45) is 0 Å². The van der Waals surface area contributed by atoms with E-state index in [-0.39, 0.29) is 11.9 Å². The molecule has 1 aliphatic heterocycles. The predicted octanol–water partition coefficient (Wildman–Crippen LogP) is 2.11. The Balaban J connectivity index is 2.24. The van der Waals surface area contributed by atoms with Gasteiger partial charge in [0.25, 0.3) is 0 Å². The summed E-state index contributed by atoms with van der Waals surface area (Å²) in [5.41, 5.74) is 2.15. The van der Waals surface area contributed by atoms with Gasteiger partial charge in [0.05, 0.1) is 0 Å². The maximum atomic E-state index is 9.51. The SMILES string of the molecule is Oc1cccc2c1OC1C=CC=C21. The number of phenols is 1. The van der Waals surface area contributed by atoms with Crippen LogP contribution in [-0.2, 0) is 0 Å². The average molecular weight is 172 g/mol. The lowest BCUT2D eigenvalue weighted by atomic mass is 10.1. The van der Waals surface area contributed by atoms with Gasteiger partial charge in [-0.3, -0.25) is 0 Å². The average Bonchev–Trinajstić information content (AvgIpc) is 2.65. The van der Waals surface area contributed by atoms with E-state index in [1.165, 1.54) is 0 Å². The van der Waals surface area contributed by atoms with Crippen LogP contribution < -0.4 is 4.74 Å². The molecule has 1 aromatic rings. The molecule has 0 aromatic heterocycles. The van der Waals surface area contributed by atoms with Crippen molar-refractivity contribution in [2.75, 3.05) is 0 Å². The molecule has 1 heterocycles. The van der Waals surface area contributed by atoms with Crippen LogP contribution in [0.4, 0.5) is 0 Å². The van der Waals surface area contributed by atoms with Crippen LogP contribution in [0.15, 0.2) is 36.4 Å². The number of hydrogen-bond acceptors (Lipinski definition) is 2. The fourth-order valence-electron chi connectivity index (χ4n) is 1.81. The normalized spacial score (nSPS) is 22.2. The topological polar surface area (TPSA) is 29.5 Å². The highest BCUT2D eigenvalue weighted by Crippen LogP contribution is 2.44. The molecular formula is C11H8O2. The van der Waals surface area contributed by atoms with E-state index in [1.807, 2.05) is 30.4 Å². The van der Waals surface area contributed by atoms with E-state index >= 15 is 0 Å². The molecule has 3 rings (SSSR count). The summed E-state index contributed by atoms with van der Waals surface area (Å²) in [5, 5.41) is 9.51. The highest BCUT2D eigenvalue weighted by molar-refractivity contribution is 5.83. The van der Waals surface area contributed by atoms with E-state index in [0.29, 0.717) is 5.75 Å². The molecule has 2 nitrogen and oxygen atoms in total. The van der Waals surface area contributed by atoms with Crippen LogP contribution in [0.3, 0.4) is 0 Å². The molecule has 0 saturated carbocycles. The molecule has 0 spiro atoms. The molecule has 1 atom stereocenters. The molecule has 13 heavy (non-hydrogen) atoms. The zero-order valence-electron chi connectivity index (χ0n) is 6.90. The largest absolute Gasteiger partial charge is 0.504 e. The summed E-state index contributed by atoms with van der Waals surface area (Å²) in [7, 11) is 0. The van der Waals surface area contributed by atoms with Crippen LogP contribution in [-0.4, -0.2) is 11.2 Å². The first kappa shape index (κ1) is 6.78. The summed E-state index contributed by atoms with van der Waals surface area (Å²) in [6, 6.07) is 5.44. The summed E-state index contributed by atoms with van der Waals surface area (Å²) in [6.07, 6.45) is 6.00. The minimum Gasteiger partial charge on any atom is -0.504 e. The number of phenolic OH excluding ortho intramolecular Hbond substituents is 1. The Kier molecular flexibility index (Phi) is 1.13. The Morgan fingerprint density at radius 2 is 2.23 bits per heavy atom. The second-order valence-electron chi connectivity index (χ2n) is 3.20. The molecule has 1 N–H and O–H groups in total. The maximum Gasteiger partial charge on any atom is 0.169 e. The number of para-hydroxylation sites is 1. The van der Waals surface area contributed by atoms with E-state index in [1.54, 1.807) is 6.07 Å². The molecular weight excluding hydrogens is 164 g/mol. The van der Waals surface area contributed by atoms with Crippen LogP contribution in [0, 0.1) is 0 Å². The minimum absolute atomic E-state index is 0.0169. The van der Waals surface area contributed by atoms with Gasteiger partial charge < -0.3 is 9.84 Å². The number of benzene rings is 1. The third-order valence-corrected chi connectivity index (χ3v) is 2.42. The smallest absolute Gasteiger partial charge is 0.169 e. The molecule has 0 fully saturated rings. The van der Waals surface area contributed by atoms with E-state index in [2.05, 4.69) is 0 Å². The molecule has 2 heteroatoms. The monoisotopic (exact) mass is 172 g/mol. The number of allylic oxidation sites excluding steroid dienone is 2. The number of ether oxygens (including phenoxy) is 1. The van der Waals surface area contributed by atoms with Gasteiger partial charge in [-0.15, -0.1) is 0 Å². The first-order valence-corrected chi connectivity index (χ1v) is 4.23. The summed E-state index contributed by atoms with van der Waals surface area (Å²) < 4.78 is 5.56. The van der Waals surface area contributed by atoms with Gasteiger partial charge in [0.2, 0.25) is 0 Å². The van der Waals surface area contributed by atoms with E-state index in [0.717, 1.165) is 11.1 Å². The van der Waals surface area contributed by atoms with Gasteiger partial charge in [0.15, 0.2) is 11.5 Å². The van der Waals surface area contributed by atoms with Crippen molar-refractivity contribution in [1.29, 1.82) is 0 Å². The van der Waals surface area contributed by atoms with Crippen molar-refractivity contribution in [3.63, 3.8) is 0 Å². The van der Waals surface area contributed by atoms with Gasteiger partial charge >= 0.3 is 0 Å². The molecule has 0 saturated heterocycles. The number of hydrogen-bond donors (Lipinski definition) is 1. The van der Waals surface area contributed by atoms with Gasteiger partial charge in [0.1, 0.15) is 6.10 Å². The van der Waals surface area contributed by atoms with Crippen LogP contribution >= 0.6 is 0 Å². The fourth-order valence-corrected chi connectivity index (χ4v) is 1.81. The van der Waals surface area contributed by atoms with Crippen molar-refractivity contribution in [1.82, 2.24) is 0 Å². The first-order chi connectivity index (χ1) is 6.36. The molecule has 1 aromatic carbocycles. The lowest BCUT2D eigenvalue weighted by Crippen LogP contribution is -2.04. The lowest BCUT2D eigenvalue weighted by molar-refractivity contribution is 0.307. The molecule has 64 valence electrons. The Bertz CT molecular complexity index is 430. The summed E-state index contributed by atoms with van der Waals surface area (Å²) >= 11 is 0.